The molecule has 1 aromatic carbocycles. The molecule has 1 heterocycles. The number of carbonyl (C=O) groups is 1. The van der Waals surface area contributed by atoms with Crippen molar-refractivity contribution in [1.82, 2.24) is 14.9 Å². The van der Waals surface area contributed by atoms with Crippen LogP contribution in [0, 0.1) is 5.92 Å². The molecule has 1 amide bonds. The lowest BCUT2D eigenvalue weighted by Gasteiger charge is -2.32. The van der Waals surface area contributed by atoms with Crippen LogP contribution in [0.5, 0.6) is 0 Å². The fourth-order valence-corrected chi connectivity index (χ4v) is 5.20. The van der Waals surface area contributed by atoms with E-state index in [-0.39, 0.29) is 18.0 Å². The van der Waals surface area contributed by atoms with Gasteiger partial charge in [-0.2, -0.15) is 0 Å². The lowest BCUT2D eigenvalue weighted by molar-refractivity contribution is -0.123. The fraction of sp³-hybridized carbons (Fsp3) is 0.650. The molecule has 2 fully saturated rings. The minimum atomic E-state index is -3.17. The number of likely N-dealkylation sites (tertiary alicyclic amines) is 1. The normalized spacial score (nSPS) is 21.2. The van der Waals surface area contributed by atoms with Crippen LogP contribution < -0.4 is 10.0 Å². The molecule has 0 radical (unpaired) electrons. The SMILES string of the molecule is CS(=O)(=O)NC1CCN(CC(=O)NC(c2ccccc2)C2CCCC2)CC1. The monoisotopic (exact) mass is 393 g/mol. The second kappa shape index (κ2) is 9.17. The van der Waals surface area contributed by atoms with Crippen molar-refractivity contribution in [3.8, 4) is 0 Å². The minimum absolute atomic E-state index is 0.0186. The number of nitrogens with one attached hydrogen (secondary N) is 2. The van der Waals surface area contributed by atoms with Gasteiger partial charge in [0.2, 0.25) is 15.9 Å². The van der Waals surface area contributed by atoms with E-state index in [9.17, 15) is 13.2 Å². The van der Waals surface area contributed by atoms with Gasteiger partial charge < -0.3 is 5.32 Å². The number of nitrogens with zero attached hydrogens (tertiary/aromatic N) is 1. The minimum Gasteiger partial charge on any atom is -0.348 e. The van der Waals surface area contributed by atoms with Gasteiger partial charge in [-0.15, -0.1) is 0 Å². The topological polar surface area (TPSA) is 78.5 Å². The number of sulfonamides is 1. The highest BCUT2D eigenvalue weighted by molar-refractivity contribution is 7.88. The van der Waals surface area contributed by atoms with Crippen molar-refractivity contribution < 1.29 is 13.2 Å². The third-order valence-corrected chi connectivity index (χ3v) is 6.44. The Hall–Kier alpha value is -1.44. The molecule has 1 saturated heterocycles. The molecular weight excluding hydrogens is 362 g/mol. The molecule has 3 rings (SSSR count). The van der Waals surface area contributed by atoms with Crippen molar-refractivity contribution in [1.29, 1.82) is 0 Å². The molecule has 1 aromatic rings. The van der Waals surface area contributed by atoms with Gasteiger partial charge in [-0.3, -0.25) is 9.69 Å². The van der Waals surface area contributed by atoms with E-state index in [4.69, 9.17) is 0 Å². The largest absolute Gasteiger partial charge is 0.348 e. The van der Waals surface area contributed by atoms with Gasteiger partial charge in [0.15, 0.2) is 0 Å². The summed E-state index contributed by atoms with van der Waals surface area (Å²) in [5.41, 5.74) is 1.19. The van der Waals surface area contributed by atoms with E-state index < -0.39 is 10.0 Å². The predicted molar refractivity (Wildman–Crippen MR) is 107 cm³/mol. The van der Waals surface area contributed by atoms with Gasteiger partial charge in [-0.1, -0.05) is 43.2 Å². The summed E-state index contributed by atoms with van der Waals surface area (Å²) in [4.78, 5) is 14.8. The smallest absolute Gasteiger partial charge is 0.234 e. The highest BCUT2D eigenvalue weighted by Gasteiger charge is 2.29. The fourth-order valence-electron chi connectivity index (χ4n) is 4.36. The second-order valence-electron chi connectivity index (χ2n) is 7.94. The molecule has 1 saturated carbocycles. The number of carbonyl (C=O) groups excluding carboxylic acids is 1. The third kappa shape index (κ3) is 6.30. The molecule has 1 aliphatic carbocycles. The first kappa shape index (κ1) is 20.3. The van der Waals surface area contributed by atoms with Crippen molar-refractivity contribution in [2.24, 2.45) is 5.92 Å². The summed E-state index contributed by atoms with van der Waals surface area (Å²) in [7, 11) is -3.17. The van der Waals surface area contributed by atoms with Crippen LogP contribution in [0.4, 0.5) is 0 Å². The molecule has 2 N–H and O–H groups in total. The average Bonchev–Trinajstić information content (AvgIpc) is 3.15. The van der Waals surface area contributed by atoms with Crippen LogP contribution in [-0.4, -0.2) is 51.2 Å². The Balaban J connectivity index is 1.53. The van der Waals surface area contributed by atoms with E-state index in [2.05, 4.69) is 27.1 Å². The Kier molecular flexibility index (Phi) is 6.89. The zero-order valence-corrected chi connectivity index (χ0v) is 16.9. The van der Waals surface area contributed by atoms with Crippen LogP contribution in [0.25, 0.3) is 0 Å². The highest BCUT2D eigenvalue weighted by atomic mass is 32.2. The lowest BCUT2D eigenvalue weighted by Crippen LogP contribution is -2.47. The molecule has 7 heteroatoms. The van der Waals surface area contributed by atoms with Crippen LogP contribution in [0.3, 0.4) is 0 Å². The third-order valence-electron chi connectivity index (χ3n) is 5.68. The number of benzene rings is 1. The maximum Gasteiger partial charge on any atom is 0.234 e. The summed E-state index contributed by atoms with van der Waals surface area (Å²) in [5, 5.41) is 3.28. The van der Waals surface area contributed by atoms with Crippen LogP contribution in [0.2, 0.25) is 0 Å². The first-order chi connectivity index (χ1) is 12.9. The molecule has 0 spiro atoms. The number of piperidine rings is 1. The van der Waals surface area contributed by atoms with Gasteiger partial charge in [0.25, 0.3) is 0 Å². The first-order valence-corrected chi connectivity index (χ1v) is 11.8. The number of hydrogen-bond donors (Lipinski definition) is 2. The van der Waals surface area contributed by atoms with Crippen molar-refractivity contribution in [3.05, 3.63) is 35.9 Å². The average molecular weight is 394 g/mol. The summed E-state index contributed by atoms with van der Waals surface area (Å²) in [5.74, 6) is 0.575. The van der Waals surface area contributed by atoms with E-state index in [0.29, 0.717) is 12.5 Å². The van der Waals surface area contributed by atoms with Crippen molar-refractivity contribution in [3.63, 3.8) is 0 Å². The van der Waals surface area contributed by atoms with Gasteiger partial charge in [0.05, 0.1) is 18.8 Å². The Morgan fingerprint density at radius 1 is 1.11 bits per heavy atom. The molecule has 1 unspecified atom stereocenters. The van der Waals surface area contributed by atoms with E-state index in [1.54, 1.807) is 0 Å². The summed E-state index contributed by atoms with van der Waals surface area (Å²) < 4.78 is 25.4. The van der Waals surface area contributed by atoms with Crippen molar-refractivity contribution in [2.75, 3.05) is 25.9 Å². The number of amides is 1. The molecule has 0 bridgehead atoms. The highest BCUT2D eigenvalue weighted by Crippen LogP contribution is 2.35. The molecule has 1 aliphatic heterocycles. The van der Waals surface area contributed by atoms with Gasteiger partial charge in [0.1, 0.15) is 0 Å². The second-order valence-corrected chi connectivity index (χ2v) is 9.72. The summed E-state index contributed by atoms with van der Waals surface area (Å²) >= 11 is 0. The van der Waals surface area contributed by atoms with E-state index >= 15 is 0 Å². The van der Waals surface area contributed by atoms with Gasteiger partial charge in [-0.05, 0) is 37.2 Å². The first-order valence-electron chi connectivity index (χ1n) is 9.95. The van der Waals surface area contributed by atoms with Gasteiger partial charge in [-0.25, -0.2) is 13.1 Å². The zero-order valence-electron chi connectivity index (χ0n) is 16.1. The summed E-state index contributed by atoms with van der Waals surface area (Å²) in [6.07, 6.45) is 7.50. The lowest BCUT2D eigenvalue weighted by atomic mass is 9.91. The zero-order chi connectivity index (χ0) is 19.3. The van der Waals surface area contributed by atoms with Crippen LogP contribution in [-0.2, 0) is 14.8 Å². The molecule has 0 aromatic heterocycles. The Labute approximate surface area is 162 Å². The van der Waals surface area contributed by atoms with E-state index in [1.807, 2.05) is 18.2 Å². The molecule has 27 heavy (non-hydrogen) atoms. The Morgan fingerprint density at radius 3 is 2.33 bits per heavy atom. The molecule has 150 valence electrons. The maximum atomic E-state index is 12.7. The summed E-state index contributed by atoms with van der Waals surface area (Å²) in [6, 6.07) is 10.3. The van der Waals surface area contributed by atoms with Crippen molar-refractivity contribution >= 4 is 15.9 Å². The summed E-state index contributed by atoms with van der Waals surface area (Å²) in [6.45, 7) is 1.85. The Morgan fingerprint density at radius 2 is 1.74 bits per heavy atom. The van der Waals surface area contributed by atoms with Crippen molar-refractivity contribution in [2.45, 2.75) is 50.6 Å². The predicted octanol–water partition coefficient (Wildman–Crippen LogP) is 2.05. The van der Waals surface area contributed by atoms with Crippen LogP contribution in [0.1, 0.15) is 50.1 Å². The quantitative estimate of drug-likeness (QED) is 0.743. The number of rotatable bonds is 7. The van der Waals surface area contributed by atoms with Gasteiger partial charge in [0, 0.05) is 19.1 Å². The molecule has 6 nitrogen and oxygen atoms in total. The molecule has 2 aliphatic rings. The van der Waals surface area contributed by atoms with E-state index in [1.165, 1.54) is 37.5 Å². The van der Waals surface area contributed by atoms with Crippen LogP contribution in [0.15, 0.2) is 30.3 Å². The molecular formula is C20H31N3O3S. The number of hydrogen-bond acceptors (Lipinski definition) is 4. The Bertz CT molecular complexity index is 709. The standard InChI is InChI=1S/C20H31N3O3S/c1-27(25,26)22-18-11-13-23(14-12-18)15-19(24)21-20(17-9-5-6-10-17)16-7-3-2-4-8-16/h2-4,7-8,17-18,20,22H,5-6,9-15H2,1H3,(H,21,24). The van der Waals surface area contributed by atoms with E-state index in [0.717, 1.165) is 25.9 Å². The maximum absolute atomic E-state index is 12.7. The van der Waals surface area contributed by atoms with Gasteiger partial charge >= 0.3 is 0 Å². The van der Waals surface area contributed by atoms with Crippen LogP contribution >= 0.6 is 0 Å². The molecule has 1 atom stereocenters.